The Bertz CT molecular complexity index is 388. The van der Waals surface area contributed by atoms with Crippen LogP contribution in [0.1, 0.15) is 13.8 Å². The fourth-order valence-electron chi connectivity index (χ4n) is 1.25. The fraction of sp³-hybridized carbons (Fsp3) is 0.625. The first-order valence-corrected chi connectivity index (χ1v) is 7.12. The van der Waals surface area contributed by atoms with Crippen molar-refractivity contribution in [3.63, 3.8) is 0 Å². The molecular weight excluding hydrogens is 282 g/mol. The number of nitrogens with one attached hydrogen (secondary N) is 1. The standard InChI is InChI=1S/C8H14BrN3O2S/c1-7(2)12(4-3-9)15(13,14)8-5-10-6-11-8/h5-7H,3-4H2,1-2H3,(H,10,11). The molecule has 1 aromatic heterocycles. The first kappa shape index (κ1) is 12.7. The summed E-state index contributed by atoms with van der Waals surface area (Å²) >= 11 is 3.24. The van der Waals surface area contributed by atoms with E-state index in [0.29, 0.717) is 11.9 Å². The van der Waals surface area contributed by atoms with Crippen LogP contribution < -0.4 is 0 Å². The van der Waals surface area contributed by atoms with Crippen molar-refractivity contribution in [1.29, 1.82) is 0 Å². The van der Waals surface area contributed by atoms with Crippen LogP contribution in [0, 0.1) is 0 Å². The second-order valence-corrected chi connectivity index (χ2v) is 5.97. The molecule has 0 spiro atoms. The van der Waals surface area contributed by atoms with Gasteiger partial charge in [-0.25, -0.2) is 13.4 Å². The van der Waals surface area contributed by atoms with Crippen molar-refractivity contribution in [2.45, 2.75) is 24.9 Å². The van der Waals surface area contributed by atoms with Crippen LogP contribution in [-0.2, 0) is 10.0 Å². The van der Waals surface area contributed by atoms with Crippen molar-refractivity contribution in [1.82, 2.24) is 14.3 Å². The number of nitrogens with zero attached hydrogens (tertiary/aromatic N) is 2. The molecule has 0 fully saturated rings. The molecular formula is C8H14BrN3O2S. The summed E-state index contributed by atoms with van der Waals surface area (Å²) < 4.78 is 25.5. The van der Waals surface area contributed by atoms with Gasteiger partial charge in [-0.2, -0.15) is 4.31 Å². The normalized spacial score (nSPS) is 12.6. The van der Waals surface area contributed by atoms with Crippen molar-refractivity contribution in [3.05, 3.63) is 12.5 Å². The van der Waals surface area contributed by atoms with Crippen LogP contribution in [0.25, 0.3) is 0 Å². The van der Waals surface area contributed by atoms with Gasteiger partial charge in [0.25, 0.3) is 10.0 Å². The molecule has 1 aromatic rings. The van der Waals surface area contributed by atoms with Gasteiger partial charge in [-0.1, -0.05) is 15.9 Å². The molecule has 86 valence electrons. The van der Waals surface area contributed by atoms with Crippen LogP contribution in [0.15, 0.2) is 17.6 Å². The van der Waals surface area contributed by atoms with Crippen LogP contribution >= 0.6 is 15.9 Å². The summed E-state index contributed by atoms with van der Waals surface area (Å²) in [5.41, 5.74) is 0. The number of hydrogen-bond acceptors (Lipinski definition) is 3. The molecule has 0 aliphatic rings. The Morgan fingerprint density at radius 3 is 2.67 bits per heavy atom. The van der Waals surface area contributed by atoms with Crippen LogP contribution in [-0.4, -0.2) is 40.6 Å². The van der Waals surface area contributed by atoms with Crippen LogP contribution in [0.3, 0.4) is 0 Å². The lowest BCUT2D eigenvalue weighted by Gasteiger charge is -2.23. The lowest BCUT2D eigenvalue weighted by atomic mass is 10.4. The molecule has 0 aliphatic heterocycles. The minimum absolute atomic E-state index is 0.0733. The molecule has 0 bridgehead atoms. The molecule has 1 heterocycles. The second-order valence-electron chi connectivity index (χ2n) is 3.31. The lowest BCUT2D eigenvalue weighted by Crippen LogP contribution is -2.38. The molecule has 0 amide bonds. The summed E-state index contributed by atoms with van der Waals surface area (Å²) in [7, 11) is -3.43. The Labute approximate surface area is 98.1 Å². The Morgan fingerprint density at radius 2 is 2.27 bits per heavy atom. The van der Waals surface area contributed by atoms with Crippen molar-refractivity contribution in [3.8, 4) is 0 Å². The van der Waals surface area contributed by atoms with Gasteiger partial charge in [0.15, 0.2) is 5.03 Å². The minimum atomic E-state index is -3.43. The quantitative estimate of drug-likeness (QED) is 0.830. The van der Waals surface area contributed by atoms with Crippen LogP contribution in [0.5, 0.6) is 0 Å². The summed E-state index contributed by atoms with van der Waals surface area (Å²) in [6.07, 6.45) is 2.68. The minimum Gasteiger partial charge on any atom is -0.335 e. The van der Waals surface area contributed by atoms with E-state index in [2.05, 4.69) is 25.9 Å². The van der Waals surface area contributed by atoms with E-state index >= 15 is 0 Å². The number of halogens is 1. The number of aromatic amines is 1. The van der Waals surface area contributed by atoms with Crippen molar-refractivity contribution >= 4 is 26.0 Å². The predicted octanol–water partition coefficient (Wildman–Crippen LogP) is 1.20. The van der Waals surface area contributed by atoms with Gasteiger partial charge in [-0.3, -0.25) is 0 Å². The van der Waals surface area contributed by atoms with E-state index in [-0.39, 0.29) is 11.1 Å². The Morgan fingerprint density at radius 1 is 1.60 bits per heavy atom. The highest BCUT2D eigenvalue weighted by Gasteiger charge is 2.27. The molecule has 15 heavy (non-hydrogen) atoms. The van der Waals surface area contributed by atoms with Gasteiger partial charge in [-0.05, 0) is 13.8 Å². The Hall–Kier alpha value is -0.400. The molecule has 7 heteroatoms. The Balaban J connectivity index is 3.02. The van der Waals surface area contributed by atoms with E-state index in [9.17, 15) is 8.42 Å². The highest BCUT2D eigenvalue weighted by atomic mass is 79.9. The zero-order valence-corrected chi connectivity index (χ0v) is 11.0. The molecule has 1 rings (SSSR count). The molecule has 1 N–H and O–H groups in total. The summed E-state index contributed by atoms with van der Waals surface area (Å²) in [5, 5.41) is 0.746. The molecule has 0 saturated carbocycles. The third kappa shape index (κ3) is 2.79. The van der Waals surface area contributed by atoms with E-state index in [1.807, 2.05) is 13.8 Å². The van der Waals surface area contributed by atoms with Crippen molar-refractivity contribution < 1.29 is 8.42 Å². The lowest BCUT2D eigenvalue weighted by molar-refractivity contribution is 0.371. The maximum absolute atomic E-state index is 12.1. The third-order valence-electron chi connectivity index (χ3n) is 1.94. The first-order valence-electron chi connectivity index (χ1n) is 4.56. The molecule has 0 radical (unpaired) electrons. The first-order chi connectivity index (χ1) is 7.00. The summed E-state index contributed by atoms with van der Waals surface area (Å²) in [5.74, 6) is 0. The van der Waals surface area contributed by atoms with E-state index in [1.54, 1.807) is 0 Å². The SMILES string of the molecule is CC(C)N(CCBr)S(=O)(=O)c1cnc[nH]1. The average molecular weight is 296 g/mol. The molecule has 0 saturated heterocycles. The molecule has 0 aliphatic carbocycles. The van der Waals surface area contributed by atoms with Crippen LogP contribution in [0.2, 0.25) is 0 Å². The molecule has 0 unspecified atom stereocenters. The van der Waals surface area contributed by atoms with Gasteiger partial charge >= 0.3 is 0 Å². The zero-order chi connectivity index (χ0) is 11.5. The van der Waals surface area contributed by atoms with E-state index in [1.165, 1.54) is 16.8 Å². The number of aromatic nitrogens is 2. The molecule has 0 aromatic carbocycles. The van der Waals surface area contributed by atoms with E-state index in [0.717, 1.165) is 0 Å². The van der Waals surface area contributed by atoms with Crippen molar-refractivity contribution in [2.24, 2.45) is 0 Å². The third-order valence-corrected chi connectivity index (χ3v) is 4.30. The smallest absolute Gasteiger partial charge is 0.260 e. The van der Waals surface area contributed by atoms with E-state index < -0.39 is 10.0 Å². The highest BCUT2D eigenvalue weighted by Crippen LogP contribution is 2.15. The van der Waals surface area contributed by atoms with Gasteiger partial charge in [0.1, 0.15) is 0 Å². The maximum Gasteiger partial charge on any atom is 0.260 e. The highest BCUT2D eigenvalue weighted by molar-refractivity contribution is 9.09. The monoisotopic (exact) mass is 295 g/mol. The number of rotatable bonds is 5. The average Bonchev–Trinajstić information content (AvgIpc) is 2.66. The number of H-pyrrole nitrogens is 1. The van der Waals surface area contributed by atoms with Gasteiger partial charge < -0.3 is 4.98 Å². The van der Waals surface area contributed by atoms with E-state index in [4.69, 9.17) is 0 Å². The summed E-state index contributed by atoms with van der Waals surface area (Å²) in [6, 6.07) is -0.0733. The number of sulfonamides is 1. The largest absolute Gasteiger partial charge is 0.335 e. The van der Waals surface area contributed by atoms with Crippen LogP contribution in [0.4, 0.5) is 0 Å². The van der Waals surface area contributed by atoms with Gasteiger partial charge in [0, 0.05) is 17.9 Å². The number of imidazole rings is 1. The van der Waals surface area contributed by atoms with Crippen molar-refractivity contribution in [2.75, 3.05) is 11.9 Å². The van der Waals surface area contributed by atoms with Gasteiger partial charge in [-0.15, -0.1) is 0 Å². The summed E-state index contributed by atoms with van der Waals surface area (Å²) in [6.45, 7) is 4.13. The molecule has 0 atom stereocenters. The zero-order valence-electron chi connectivity index (χ0n) is 8.64. The second kappa shape index (κ2) is 5.09. The number of hydrogen-bond donors (Lipinski definition) is 1. The predicted molar refractivity (Wildman–Crippen MR) is 61.4 cm³/mol. The fourth-order valence-corrected chi connectivity index (χ4v) is 3.40. The van der Waals surface area contributed by atoms with Gasteiger partial charge in [0.2, 0.25) is 0 Å². The molecule has 5 nitrogen and oxygen atoms in total. The van der Waals surface area contributed by atoms with Gasteiger partial charge in [0.05, 0.1) is 12.5 Å². The number of alkyl halides is 1. The maximum atomic E-state index is 12.1. The summed E-state index contributed by atoms with van der Waals surface area (Å²) in [4.78, 5) is 6.33. The topological polar surface area (TPSA) is 66.1 Å². The Kier molecular flexibility index (Phi) is 4.30.